The summed E-state index contributed by atoms with van der Waals surface area (Å²) in [6, 6.07) is 0. The van der Waals surface area contributed by atoms with Crippen LogP contribution in [0.3, 0.4) is 0 Å². The van der Waals surface area contributed by atoms with Gasteiger partial charge >= 0.3 is 7.69 Å². The summed E-state index contributed by atoms with van der Waals surface area (Å²) in [6.45, 7) is 0. The Kier molecular flexibility index (Phi) is 6.40. The van der Waals surface area contributed by atoms with Gasteiger partial charge in [-0.2, -0.15) is 0 Å². The van der Waals surface area contributed by atoms with Crippen LogP contribution in [0, 0.1) is 0 Å². The number of hydrogen-bond acceptors (Lipinski definition) is 5. The smallest absolute Gasteiger partial charge is 0.511 e. The minimum atomic E-state index is -0.541. The minimum Gasteiger partial charge on any atom is -0.511 e. The number of carbonyl (C=O) groups is 1. The first kappa shape index (κ1) is 10.8. The van der Waals surface area contributed by atoms with Gasteiger partial charge in [0.05, 0.1) is 5.44 Å². The van der Waals surface area contributed by atoms with Gasteiger partial charge in [0.25, 0.3) is 5.97 Å². The monoisotopic (exact) mass is 177 g/mol. The van der Waals surface area contributed by atoms with Crippen molar-refractivity contribution >= 4 is 25.4 Å². The predicted molar refractivity (Wildman–Crippen MR) is 42.8 cm³/mol. The lowest BCUT2D eigenvalue weighted by molar-refractivity contribution is -0.135. The molecule has 0 spiro atoms. The van der Waals surface area contributed by atoms with E-state index in [4.69, 9.17) is 10.1 Å². The topological polar surface area (TPSA) is 66.8 Å². The molecule has 0 aliphatic carbocycles. The molecule has 1 radical (unpaired) electrons. The molecule has 0 rings (SSSR count). The first-order valence-electron chi connectivity index (χ1n) is 3.07. The molecule has 0 aliphatic heterocycles. The molecular weight excluding hydrogens is 167 g/mol. The van der Waals surface area contributed by atoms with E-state index in [-0.39, 0.29) is 6.42 Å². The molecule has 1 unspecified atom stereocenters. The Hall–Kier alpha value is -0.195. The van der Waals surface area contributed by atoms with Crippen molar-refractivity contribution in [1.82, 2.24) is 0 Å². The number of carbonyl (C=O) groups excluding carboxylic acids is 1. The van der Waals surface area contributed by atoms with Crippen molar-refractivity contribution in [3.05, 3.63) is 0 Å². The molecule has 0 aromatic heterocycles. The Balaban J connectivity index is 3.30. The fraction of sp³-hybridized carbons (Fsp3) is 0.800. The van der Waals surface area contributed by atoms with Crippen LogP contribution in [-0.2, 0) is 9.45 Å². The van der Waals surface area contributed by atoms with Gasteiger partial charge in [0.1, 0.15) is 0 Å². The van der Waals surface area contributed by atoms with E-state index in [1.807, 2.05) is 0 Å². The predicted octanol–water partition coefficient (Wildman–Crippen LogP) is -0.482. The average Bonchev–Trinajstić information content (AvgIpc) is 2.01. The molecule has 0 aliphatic rings. The van der Waals surface area contributed by atoms with Gasteiger partial charge in [-0.1, -0.05) is 0 Å². The summed E-state index contributed by atoms with van der Waals surface area (Å²) in [5, 5.41) is 17.0. The van der Waals surface area contributed by atoms with Crippen molar-refractivity contribution in [1.29, 1.82) is 0 Å². The summed E-state index contributed by atoms with van der Waals surface area (Å²) in [5.41, 5.74) is -0.541. The molecule has 11 heavy (non-hydrogen) atoms. The molecule has 0 heterocycles. The number of aliphatic hydroxyl groups is 1. The first-order valence-corrected chi connectivity index (χ1v) is 4.35. The maximum Gasteiger partial charge on any atom is 0.571 e. The van der Waals surface area contributed by atoms with E-state index in [1.165, 1.54) is 11.8 Å². The van der Waals surface area contributed by atoms with Crippen molar-refractivity contribution in [2.24, 2.45) is 0 Å². The van der Waals surface area contributed by atoms with Crippen LogP contribution >= 0.6 is 11.8 Å². The SMILES string of the molecule is CSC(O)CCC(=O)O[B]O. The van der Waals surface area contributed by atoms with Crippen LogP contribution in [0.2, 0.25) is 0 Å². The third-order valence-corrected chi connectivity index (χ3v) is 1.83. The second-order valence-corrected chi connectivity index (χ2v) is 2.84. The van der Waals surface area contributed by atoms with E-state index >= 15 is 0 Å². The fourth-order valence-corrected chi connectivity index (χ4v) is 0.830. The first-order chi connectivity index (χ1) is 5.20. The Bertz CT molecular complexity index is 121. The Morgan fingerprint density at radius 2 is 2.45 bits per heavy atom. The molecule has 0 fully saturated rings. The Morgan fingerprint density at radius 1 is 1.82 bits per heavy atom. The van der Waals surface area contributed by atoms with Gasteiger partial charge in [-0.15, -0.1) is 11.8 Å². The molecule has 4 nitrogen and oxygen atoms in total. The zero-order chi connectivity index (χ0) is 8.69. The third kappa shape index (κ3) is 6.21. The Labute approximate surface area is 70.2 Å². The highest BCUT2D eigenvalue weighted by molar-refractivity contribution is 7.99. The zero-order valence-corrected chi connectivity index (χ0v) is 7.00. The summed E-state index contributed by atoms with van der Waals surface area (Å²) in [6.07, 6.45) is 2.20. The van der Waals surface area contributed by atoms with E-state index < -0.39 is 11.4 Å². The summed E-state index contributed by atoms with van der Waals surface area (Å²) >= 11 is 1.26. The van der Waals surface area contributed by atoms with E-state index in [2.05, 4.69) is 4.65 Å². The summed E-state index contributed by atoms with van der Waals surface area (Å²) < 4.78 is 4.11. The van der Waals surface area contributed by atoms with E-state index in [0.717, 1.165) is 0 Å². The van der Waals surface area contributed by atoms with Gasteiger partial charge in [-0.25, -0.2) is 0 Å². The second kappa shape index (κ2) is 6.51. The highest BCUT2D eigenvalue weighted by atomic mass is 32.2. The lowest BCUT2D eigenvalue weighted by Crippen LogP contribution is -2.10. The molecule has 0 bridgehead atoms. The van der Waals surface area contributed by atoms with Crippen LogP contribution in [-0.4, -0.2) is 35.5 Å². The summed E-state index contributed by atoms with van der Waals surface area (Å²) in [4.78, 5) is 10.5. The van der Waals surface area contributed by atoms with Crippen molar-refractivity contribution in [2.45, 2.75) is 18.3 Å². The Morgan fingerprint density at radius 3 is 2.91 bits per heavy atom. The van der Waals surface area contributed by atoms with Crippen molar-refractivity contribution < 1.29 is 19.6 Å². The van der Waals surface area contributed by atoms with Crippen molar-refractivity contribution in [2.75, 3.05) is 6.26 Å². The standard InChI is InChI=1S/C5H10BO4S/c1-11-5(8)3-2-4(7)10-6-9/h5,8-9H,2-3H2,1H3. The lowest BCUT2D eigenvalue weighted by Gasteiger charge is -2.05. The van der Waals surface area contributed by atoms with Crippen LogP contribution < -0.4 is 0 Å². The normalized spacial score (nSPS) is 12.3. The fourth-order valence-electron chi connectivity index (χ4n) is 0.477. The largest absolute Gasteiger partial charge is 0.571 e. The van der Waals surface area contributed by atoms with Gasteiger partial charge in [0, 0.05) is 6.42 Å². The summed E-state index contributed by atoms with van der Waals surface area (Å²) in [5.74, 6) is -0.541. The molecule has 0 amide bonds. The number of hydrogen-bond donors (Lipinski definition) is 2. The molecule has 1 atom stereocenters. The van der Waals surface area contributed by atoms with Crippen molar-refractivity contribution in [3.8, 4) is 0 Å². The van der Waals surface area contributed by atoms with E-state index in [1.54, 1.807) is 6.26 Å². The molecule has 6 heteroatoms. The van der Waals surface area contributed by atoms with Gasteiger partial charge in [-0.3, -0.25) is 4.79 Å². The number of rotatable bonds is 5. The van der Waals surface area contributed by atoms with Crippen LogP contribution in [0.5, 0.6) is 0 Å². The van der Waals surface area contributed by atoms with Crippen LogP contribution in [0.4, 0.5) is 0 Å². The maximum absolute atomic E-state index is 10.5. The zero-order valence-electron chi connectivity index (χ0n) is 6.19. The molecule has 0 aromatic rings. The second-order valence-electron chi connectivity index (χ2n) is 1.82. The van der Waals surface area contributed by atoms with Gasteiger partial charge in [0.2, 0.25) is 0 Å². The number of thioether (sulfide) groups is 1. The lowest BCUT2D eigenvalue weighted by atomic mass is 10.3. The maximum atomic E-state index is 10.5. The third-order valence-electron chi connectivity index (χ3n) is 1.05. The molecule has 63 valence electrons. The van der Waals surface area contributed by atoms with Gasteiger partial charge in [0.15, 0.2) is 0 Å². The molecule has 2 N–H and O–H groups in total. The van der Waals surface area contributed by atoms with Crippen molar-refractivity contribution in [3.63, 3.8) is 0 Å². The highest BCUT2D eigenvalue weighted by Crippen LogP contribution is 2.09. The average molecular weight is 177 g/mol. The van der Waals surface area contributed by atoms with E-state index in [0.29, 0.717) is 14.1 Å². The molecular formula is C5H10BO4S. The van der Waals surface area contributed by atoms with Crippen LogP contribution in [0.25, 0.3) is 0 Å². The van der Waals surface area contributed by atoms with Gasteiger partial charge < -0.3 is 14.8 Å². The minimum absolute atomic E-state index is 0.110. The highest BCUT2D eigenvalue weighted by Gasteiger charge is 2.07. The van der Waals surface area contributed by atoms with Crippen LogP contribution in [0.15, 0.2) is 0 Å². The molecule has 0 saturated heterocycles. The van der Waals surface area contributed by atoms with Crippen LogP contribution in [0.1, 0.15) is 12.8 Å². The van der Waals surface area contributed by atoms with E-state index in [9.17, 15) is 4.79 Å². The summed E-state index contributed by atoms with van der Waals surface area (Å²) in [7, 11) is 0.341. The quantitative estimate of drug-likeness (QED) is 0.438. The number of aliphatic hydroxyl groups excluding tert-OH is 1. The molecule has 0 saturated carbocycles. The van der Waals surface area contributed by atoms with Gasteiger partial charge in [-0.05, 0) is 12.7 Å². The molecule has 0 aromatic carbocycles.